The lowest BCUT2D eigenvalue weighted by Crippen LogP contribution is -2.43. The molecule has 1 saturated carbocycles. The highest BCUT2D eigenvalue weighted by Crippen LogP contribution is 2.52. The normalized spacial score (nSPS) is 26.3. The summed E-state index contributed by atoms with van der Waals surface area (Å²) in [5, 5.41) is 6.40. The molecular weight excluding hydrogens is 509 g/mol. The molecule has 8 nitrogen and oxygen atoms in total. The number of ether oxygens (including phenoxy) is 1. The van der Waals surface area contributed by atoms with Gasteiger partial charge in [0.25, 0.3) is 0 Å². The van der Waals surface area contributed by atoms with Crippen molar-refractivity contribution in [2.75, 3.05) is 20.1 Å². The van der Waals surface area contributed by atoms with Crippen molar-refractivity contribution in [3.63, 3.8) is 0 Å². The maximum Gasteiger partial charge on any atom is 0.233 e. The van der Waals surface area contributed by atoms with Crippen molar-refractivity contribution < 1.29 is 14.3 Å². The molecule has 168 valence electrons. The van der Waals surface area contributed by atoms with Crippen LogP contribution in [-0.4, -0.2) is 53.9 Å². The van der Waals surface area contributed by atoms with Crippen LogP contribution < -0.4 is 15.4 Å². The summed E-state index contributed by atoms with van der Waals surface area (Å²) >= 11 is 0. The predicted molar refractivity (Wildman–Crippen MR) is 128 cm³/mol. The third-order valence-corrected chi connectivity index (χ3v) is 6.03. The second-order valence-electron chi connectivity index (χ2n) is 8.35. The quantitative estimate of drug-likeness (QED) is 0.181. The maximum absolute atomic E-state index is 12.7. The Morgan fingerprint density at radius 1 is 1.19 bits per heavy atom. The van der Waals surface area contributed by atoms with Crippen molar-refractivity contribution in [3.05, 3.63) is 36.0 Å². The summed E-state index contributed by atoms with van der Waals surface area (Å²) in [5.74, 6) is 1.40. The van der Waals surface area contributed by atoms with Crippen LogP contribution in [0.25, 0.3) is 0 Å². The van der Waals surface area contributed by atoms with E-state index >= 15 is 0 Å². The number of pyridine rings is 1. The van der Waals surface area contributed by atoms with Crippen LogP contribution in [0.5, 0.6) is 5.88 Å². The van der Waals surface area contributed by atoms with Crippen LogP contribution in [0.2, 0.25) is 0 Å². The Balaban J connectivity index is 0.00000272. The van der Waals surface area contributed by atoms with Gasteiger partial charge in [-0.3, -0.25) is 19.5 Å². The van der Waals surface area contributed by atoms with E-state index in [1.54, 1.807) is 13.2 Å². The second kappa shape index (κ2) is 9.97. The van der Waals surface area contributed by atoms with E-state index in [1.165, 1.54) is 4.90 Å². The zero-order valence-electron chi connectivity index (χ0n) is 18.1. The van der Waals surface area contributed by atoms with Gasteiger partial charge in [0.2, 0.25) is 17.7 Å². The van der Waals surface area contributed by atoms with Crippen molar-refractivity contribution in [1.29, 1.82) is 0 Å². The zero-order chi connectivity index (χ0) is 21.3. The predicted octanol–water partition coefficient (Wildman–Crippen LogP) is 1.96. The molecule has 2 amide bonds. The minimum atomic E-state index is -0.139. The van der Waals surface area contributed by atoms with E-state index in [0.29, 0.717) is 31.5 Å². The van der Waals surface area contributed by atoms with Crippen LogP contribution in [0.4, 0.5) is 0 Å². The Hall–Kier alpha value is -2.17. The Morgan fingerprint density at radius 2 is 1.87 bits per heavy atom. The van der Waals surface area contributed by atoms with Crippen LogP contribution in [0.1, 0.15) is 25.8 Å². The molecule has 1 aromatic rings. The van der Waals surface area contributed by atoms with Gasteiger partial charge in [0.1, 0.15) is 0 Å². The highest BCUT2D eigenvalue weighted by molar-refractivity contribution is 14.0. The van der Waals surface area contributed by atoms with Gasteiger partial charge in [-0.25, -0.2) is 4.98 Å². The Labute approximate surface area is 199 Å². The van der Waals surface area contributed by atoms with E-state index < -0.39 is 0 Å². The number of likely N-dealkylation sites (tertiary alicyclic amines) is 1. The molecule has 0 radical (unpaired) electrons. The fourth-order valence-corrected chi connectivity index (χ4v) is 4.70. The standard InChI is InChI=1S/C22H29N5O3.HI/c1-13(2)30-17-7-4-14(11-25-17)12-26-22(23-3)24-8-9-27-20(28)18-15-5-6-16(10-15)19(18)21(27)29;/h4-7,11,13,15-16,18-19H,8-10,12H2,1-3H3,(H2,23,24,26);1H. The van der Waals surface area contributed by atoms with E-state index in [0.717, 1.165) is 12.0 Å². The molecule has 2 heterocycles. The fraction of sp³-hybridized carbons (Fsp3) is 0.545. The second-order valence-corrected chi connectivity index (χ2v) is 8.35. The molecule has 4 atom stereocenters. The number of amides is 2. The highest BCUT2D eigenvalue weighted by atomic mass is 127. The number of nitrogens with zero attached hydrogens (tertiary/aromatic N) is 3. The van der Waals surface area contributed by atoms with E-state index in [2.05, 4.69) is 32.8 Å². The summed E-state index contributed by atoms with van der Waals surface area (Å²) in [6.45, 7) is 5.29. The molecule has 1 saturated heterocycles. The summed E-state index contributed by atoms with van der Waals surface area (Å²) in [6.07, 6.45) is 7.03. The molecule has 3 aliphatic rings. The molecule has 31 heavy (non-hydrogen) atoms. The van der Waals surface area contributed by atoms with Crippen LogP contribution in [0.15, 0.2) is 35.5 Å². The summed E-state index contributed by atoms with van der Waals surface area (Å²) in [4.78, 5) is 35.4. The molecule has 0 aromatic carbocycles. The minimum absolute atomic E-state index is 0. The number of carbonyl (C=O) groups excluding carboxylic acids is 2. The number of fused-ring (bicyclic) bond motifs is 5. The molecule has 0 spiro atoms. The first-order valence-electron chi connectivity index (χ1n) is 10.6. The topological polar surface area (TPSA) is 95.9 Å². The van der Waals surface area contributed by atoms with Gasteiger partial charge < -0.3 is 15.4 Å². The van der Waals surface area contributed by atoms with E-state index in [1.807, 2.05) is 26.0 Å². The lowest BCUT2D eigenvalue weighted by atomic mass is 9.85. The molecule has 2 bridgehead atoms. The number of carbonyl (C=O) groups is 2. The van der Waals surface area contributed by atoms with Crippen molar-refractivity contribution in [2.24, 2.45) is 28.7 Å². The summed E-state index contributed by atoms with van der Waals surface area (Å²) < 4.78 is 5.55. The lowest BCUT2D eigenvalue weighted by molar-refractivity contribution is -0.140. The van der Waals surface area contributed by atoms with Gasteiger partial charge in [-0.1, -0.05) is 18.2 Å². The van der Waals surface area contributed by atoms with Crippen LogP contribution >= 0.6 is 24.0 Å². The molecule has 1 aromatic heterocycles. The zero-order valence-corrected chi connectivity index (χ0v) is 20.4. The van der Waals surface area contributed by atoms with Gasteiger partial charge in [0.05, 0.1) is 17.9 Å². The lowest BCUT2D eigenvalue weighted by Gasteiger charge is -2.18. The number of aliphatic imine (C=N–C) groups is 1. The van der Waals surface area contributed by atoms with Gasteiger partial charge in [-0.15, -0.1) is 24.0 Å². The van der Waals surface area contributed by atoms with Crippen molar-refractivity contribution >= 4 is 41.8 Å². The average molecular weight is 539 g/mol. The largest absolute Gasteiger partial charge is 0.475 e. The van der Waals surface area contributed by atoms with Gasteiger partial charge >= 0.3 is 0 Å². The molecule has 2 N–H and O–H groups in total. The van der Waals surface area contributed by atoms with Gasteiger partial charge in [-0.2, -0.15) is 0 Å². The van der Waals surface area contributed by atoms with Gasteiger partial charge in [0.15, 0.2) is 5.96 Å². The number of rotatable bonds is 7. The summed E-state index contributed by atoms with van der Waals surface area (Å²) in [5.41, 5.74) is 0.995. The smallest absolute Gasteiger partial charge is 0.233 e. The first kappa shape index (κ1) is 23.5. The number of hydrogen-bond acceptors (Lipinski definition) is 5. The Morgan fingerprint density at radius 3 is 2.42 bits per heavy atom. The number of nitrogens with one attached hydrogen (secondary N) is 2. The number of hydrogen-bond donors (Lipinski definition) is 2. The third kappa shape index (κ3) is 4.86. The van der Waals surface area contributed by atoms with E-state index in [-0.39, 0.29) is 65.6 Å². The Kier molecular flexibility index (Phi) is 7.55. The minimum Gasteiger partial charge on any atom is -0.475 e. The van der Waals surface area contributed by atoms with E-state index in [9.17, 15) is 9.59 Å². The Bertz CT molecular complexity index is 840. The summed E-state index contributed by atoms with van der Waals surface area (Å²) in [6, 6.07) is 3.80. The fourth-order valence-electron chi connectivity index (χ4n) is 4.70. The summed E-state index contributed by atoms with van der Waals surface area (Å²) in [7, 11) is 1.69. The molecular formula is C22H30IN5O3. The molecule has 2 fully saturated rings. The first-order chi connectivity index (χ1) is 14.5. The SMILES string of the molecule is CN=C(NCCN1C(=O)C2C3C=CC(C3)C2C1=O)NCc1ccc(OC(C)C)nc1.I. The molecule has 4 rings (SSSR count). The van der Waals surface area contributed by atoms with Crippen molar-refractivity contribution in [1.82, 2.24) is 20.5 Å². The average Bonchev–Trinajstić information content (AvgIpc) is 3.40. The van der Waals surface area contributed by atoms with Gasteiger partial charge in [0, 0.05) is 38.9 Å². The van der Waals surface area contributed by atoms with Crippen LogP contribution in [0, 0.1) is 23.7 Å². The number of guanidine groups is 1. The molecule has 1 aliphatic heterocycles. The molecule has 2 aliphatic carbocycles. The monoisotopic (exact) mass is 539 g/mol. The first-order valence-corrected chi connectivity index (χ1v) is 10.6. The molecule has 9 heteroatoms. The van der Waals surface area contributed by atoms with Crippen molar-refractivity contribution in [3.8, 4) is 5.88 Å². The maximum atomic E-state index is 12.7. The number of allylic oxidation sites excluding steroid dienone is 2. The number of halogens is 1. The van der Waals surface area contributed by atoms with Crippen LogP contribution in [0.3, 0.4) is 0 Å². The van der Waals surface area contributed by atoms with Crippen LogP contribution in [-0.2, 0) is 16.1 Å². The van der Waals surface area contributed by atoms with Gasteiger partial charge in [-0.05, 0) is 37.7 Å². The number of imide groups is 1. The third-order valence-electron chi connectivity index (χ3n) is 6.03. The number of aromatic nitrogens is 1. The molecule has 4 unspecified atom stereocenters. The van der Waals surface area contributed by atoms with Crippen molar-refractivity contribution in [2.45, 2.75) is 32.9 Å². The highest BCUT2D eigenvalue weighted by Gasteiger charge is 2.58. The van der Waals surface area contributed by atoms with E-state index in [4.69, 9.17) is 4.74 Å².